The molecule has 1 nitrogen and oxygen atoms in total. The number of aryl methyl sites for hydroxylation is 2. The second kappa shape index (κ2) is 5.03. The van der Waals surface area contributed by atoms with E-state index < -0.39 is 0 Å². The Morgan fingerprint density at radius 3 is 2.65 bits per heavy atom. The van der Waals surface area contributed by atoms with Crippen LogP contribution in [0.25, 0.3) is 0 Å². The topological polar surface area (TPSA) is 12.0 Å². The third-order valence-corrected chi connectivity index (χ3v) is 5.29. The summed E-state index contributed by atoms with van der Waals surface area (Å²) in [6.45, 7) is 7.79. The number of hydrogen-bond donors (Lipinski definition) is 1. The van der Waals surface area contributed by atoms with Crippen molar-refractivity contribution in [2.45, 2.75) is 44.4 Å². The Bertz CT molecular complexity index is 396. The lowest BCUT2D eigenvalue weighted by Gasteiger charge is -2.20. The standard InChI is InChI=1S/C15H23NS/c1-11-5-6-12(2)14(9-11)13(3)16-10-15(17-4)7-8-15/h5-6,9,13,16H,7-8,10H2,1-4H3. The Hall–Kier alpha value is -0.470. The van der Waals surface area contributed by atoms with Crippen LogP contribution in [0, 0.1) is 13.8 Å². The molecule has 0 bridgehead atoms. The molecule has 1 aliphatic carbocycles. The lowest BCUT2D eigenvalue weighted by atomic mass is 10.00. The molecule has 17 heavy (non-hydrogen) atoms. The SMILES string of the molecule is CSC1(CNC(C)c2cc(C)ccc2C)CC1. The molecule has 0 aliphatic heterocycles. The van der Waals surface area contributed by atoms with Crippen molar-refractivity contribution >= 4 is 11.8 Å². The number of nitrogens with one attached hydrogen (secondary N) is 1. The van der Waals surface area contributed by atoms with E-state index >= 15 is 0 Å². The molecule has 0 aromatic heterocycles. The van der Waals surface area contributed by atoms with Gasteiger partial charge in [0.05, 0.1) is 0 Å². The lowest BCUT2D eigenvalue weighted by molar-refractivity contribution is 0.561. The summed E-state index contributed by atoms with van der Waals surface area (Å²) in [6, 6.07) is 7.19. The Balaban J connectivity index is 1.99. The Kier molecular flexibility index (Phi) is 3.84. The average Bonchev–Trinajstić information content (AvgIpc) is 3.10. The summed E-state index contributed by atoms with van der Waals surface area (Å²) in [5.74, 6) is 0. The summed E-state index contributed by atoms with van der Waals surface area (Å²) in [4.78, 5) is 0. The van der Waals surface area contributed by atoms with Crippen molar-refractivity contribution in [3.05, 3.63) is 34.9 Å². The van der Waals surface area contributed by atoms with E-state index in [1.807, 2.05) is 11.8 Å². The smallest absolute Gasteiger partial charge is 0.0295 e. The minimum absolute atomic E-state index is 0.458. The van der Waals surface area contributed by atoms with E-state index in [0.29, 0.717) is 10.8 Å². The summed E-state index contributed by atoms with van der Waals surface area (Å²) < 4.78 is 0.548. The van der Waals surface area contributed by atoms with Crippen molar-refractivity contribution in [1.29, 1.82) is 0 Å². The molecule has 1 atom stereocenters. The normalized spacial score (nSPS) is 19.1. The predicted octanol–water partition coefficient (Wildman–Crippen LogP) is 3.85. The van der Waals surface area contributed by atoms with Crippen molar-refractivity contribution < 1.29 is 0 Å². The Labute approximate surface area is 109 Å². The summed E-state index contributed by atoms with van der Waals surface area (Å²) in [5.41, 5.74) is 4.19. The maximum absolute atomic E-state index is 3.70. The summed E-state index contributed by atoms with van der Waals surface area (Å²) in [5, 5.41) is 3.70. The predicted molar refractivity (Wildman–Crippen MR) is 77.8 cm³/mol. The number of hydrogen-bond acceptors (Lipinski definition) is 2. The fourth-order valence-corrected chi connectivity index (χ4v) is 3.01. The molecule has 0 spiro atoms. The van der Waals surface area contributed by atoms with Crippen molar-refractivity contribution in [2.24, 2.45) is 0 Å². The van der Waals surface area contributed by atoms with Crippen molar-refractivity contribution in [3.8, 4) is 0 Å². The molecule has 1 saturated carbocycles. The second-order valence-electron chi connectivity index (χ2n) is 5.35. The summed E-state index contributed by atoms with van der Waals surface area (Å²) in [6.07, 6.45) is 4.98. The van der Waals surface area contributed by atoms with Gasteiger partial charge in [0.25, 0.3) is 0 Å². The first kappa shape index (κ1) is 13.0. The van der Waals surface area contributed by atoms with Gasteiger partial charge in [0.15, 0.2) is 0 Å². The molecule has 94 valence electrons. The van der Waals surface area contributed by atoms with Crippen LogP contribution in [0.1, 0.15) is 42.5 Å². The molecule has 2 heteroatoms. The van der Waals surface area contributed by atoms with Gasteiger partial charge in [0.2, 0.25) is 0 Å². The Morgan fingerprint density at radius 2 is 2.06 bits per heavy atom. The van der Waals surface area contributed by atoms with Gasteiger partial charge in [-0.05, 0) is 51.0 Å². The highest BCUT2D eigenvalue weighted by Crippen LogP contribution is 2.46. The molecular formula is C15H23NS. The first-order chi connectivity index (χ1) is 8.06. The summed E-state index contributed by atoms with van der Waals surface area (Å²) >= 11 is 2.02. The first-order valence-corrected chi connectivity index (χ1v) is 7.64. The zero-order chi connectivity index (χ0) is 12.5. The first-order valence-electron chi connectivity index (χ1n) is 6.42. The van der Waals surface area contributed by atoms with Gasteiger partial charge in [-0.2, -0.15) is 11.8 Å². The molecule has 1 N–H and O–H groups in total. The minimum atomic E-state index is 0.458. The zero-order valence-corrected chi connectivity index (χ0v) is 12.2. The van der Waals surface area contributed by atoms with Crippen LogP contribution in [-0.2, 0) is 0 Å². The molecule has 2 rings (SSSR count). The minimum Gasteiger partial charge on any atom is -0.309 e. The van der Waals surface area contributed by atoms with Crippen LogP contribution in [0.3, 0.4) is 0 Å². The van der Waals surface area contributed by atoms with Gasteiger partial charge in [-0.25, -0.2) is 0 Å². The van der Waals surface area contributed by atoms with Crippen molar-refractivity contribution in [1.82, 2.24) is 5.32 Å². The van der Waals surface area contributed by atoms with Gasteiger partial charge in [-0.3, -0.25) is 0 Å². The molecule has 0 radical (unpaired) electrons. The van der Waals surface area contributed by atoms with E-state index in [-0.39, 0.29) is 0 Å². The van der Waals surface area contributed by atoms with Crippen molar-refractivity contribution in [2.75, 3.05) is 12.8 Å². The maximum atomic E-state index is 3.70. The number of rotatable bonds is 5. The van der Waals surface area contributed by atoms with E-state index in [9.17, 15) is 0 Å². The molecule has 0 amide bonds. The largest absolute Gasteiger partial charge is 0.309 e. The monoisotopic (exact) mass is 249 g/mol. The van der Waals surface area contributed by atoms with E-state index in [1.54, 1.807) is 0 Å². The third-order valence-electron chi connectivity index (χ3n) is 3.87. The van der Waals surface area contributed by atoms with Gasteiger partial charge >= 0.3 is 0 Å². The van der Waals surface area contributed by atoms with Crippen LogP contribution in [0.15, 0.2) is 18.2 Å². The van der Waals surface area contributed by atoms with Crippen LogP contribution < -0.4 is 5.32 Å². The number of thioether (sulfide) groups is 1. The second-order valence-corrected chi connectivity index (χ2v) is 6.62. The fraction of sp³-hybridized carbons (Fsp3) is 0.600. The molecule has 1 aromatic carbocycles. The van der Waals surface area contributed by atoms with Gasteiger partial charge in [-0.1, -0.05) is 23.8 Å². The van der Waals surface area contributed by atoms with E-state index in [0.717, 1.165) is 6.54 Å². The van der Waals surface area contributed by atoms with Crippen LogP contribution in [0.2, 0.25) is 0 Å². The van der Waals surface area contributed by atoms with Gasteiger partial charge < -0.3 is 5.32 Å². The highest BCUT2D eigenvalue weighted by Gasteiger charge is 2.41. The Morgan fingerprint density at radius 1 is 1.35 bits per heavy atom. The van der Waals surface area contributed by atoms with Crippen LogP contribution in [-0.4, -0.2) is 17.5 Å². The van der Waals surface area contributed by atoms with E-state index in [2.05, 4.69) is 50.5 Å². The van der Waals surface area contributed by atoms with Gasteiger partial charge in [0, 0.05) is 17.3 Å². The third kappa shape index (κ3) is 3.05. The van der Waals surface area contributed by atoms with Gasteiger partial charge in [-0.15, -0.1) is 0 Å². The maximum Gasteiger partial charge on any atom is 0.0295 e. The molecule has 1 aromatic rings. The number of benzene rings is 1. The molecule has 1 unspecified atom stereocenters. The molecule has 1 fully saturated rings. The van der Waals surface area contributed by atoms with Crippen molar-refractivity contribution in [3.63, 3.8) is 0 Å². The van der Waals surface area contributed by atoms with Crippen LogP contribution in [0.4, 0.5) is 0 Å². The molecule has 0 heterocycles. The average molecular weight is 249 g/mol. The zero-order valence-electron chi connectivity index (χ0n) is 11.3. The molecule has 0 saturated heterocycles. The molecule has 1 aliphatic rings. The van der Waals surface area contributed by atoms with E-state index in [4.69, 9.17) is 0 Å². The molecular weight excluding hydrogens is 226 g/mol. The fourth-order valence-electron chi connectivity index (χ4n) is 2.27. The van der Waals surface area contributed by atoms with Crippen LogP contribution >= 0.6 is 11.8 Å². The lowest BCUT2D eigenvalue weighted by Crippen LogP contribution is -2.28. The van der Waals surface area contributed by atoms with Crippen LogP contribution in [0.5, 0.6) is 0 Å². The highest BCUT2D eigenvalue weighted by atomic mass is 32.2. The highest BCUT2D eigenvalue weighted by molar-refractivity contribution is 8.00. The van der Waals surface area contributed by atoms with E-state index in [1.165, 1.54) is 29.5 Å². The van der Waals surface area contributed by atoms with Gasteiger partial charge in [0.1, 0.15) is 0 Å². The quantitative estimate of drug-likeness (QED) is 0.850. The summed E-state index contributed by atoms with van der Waals surface area (Å²) in [7, 11) is 0.